The van der Waals surface area contributed by atoms with Gasteiger partial charge in [0, 0.05) is 6.42 Å². The van der Waals surface area contributed by atoms with Gasteiger partial charge in [0.2, 0.25) is 0 Å². The van der Waals surface area contributed by atoms with E-state index < -0.39 is 0 Å². The zero-order valence-corrected chi connectivity index (χ0v) is 10.4. The van der Waals surface area contributed by atoms with Crippen LogP contribution in [0.1, 0.15) is 50.7 Å². The molecule has 1 nitrogen and oxygen atoms in total. The molecule has 1 rings (SSSR count). The average Bonchev–Trinajstić information content (AvgIpc) is 2.27. The van der Waals surface area contributed by atoms with Crippen LogP contribution in [0.4, 0.5) is 0 Å². The summed E-state index contributed by atoms with van der Waals surface area (Å²) in [5.74, 6) is 0.733. The predicted molar refractivity (Wildman–Crippen MR) is 69.5 cm³/mol. The van der Waals surface area contributed by atoms with E-state index in [-0.39, 0.29) is 5.78 Å². The van der Waals surface area contributed by atoms with Crippen molar-refractivity contribution in [3.05, 3.63) is 41.5 Å². The Morgan fingerprint density at radius 1 is 1.38 bits per heavy atom. The number of ketones is 1. The number of carbonyl (C=O) groups is 1. The molecule has 0 amide bonds. The summed E-state index contributed by atoms with van der Waals surface area (Å²) in [7, 11) is 0. The molecule has 1 aromatic rings. The van der Waals surface area contributed by atoms with Crippen LogP contribution in [0.3, 0.4) is 0 Å². The van der Waals surface area contributed by atoms with Crippen molar-refractivity contribution in [2.24, 2.45) is 0 Å². The molecule has 0 N–H and O–H groups in total. The third-order valence-corrected chi connectivity index (χ3v) is 2.54. The highest BCUT2D eigenvalue weighted by Gasteiger charge is 1.99. The molecule has 0 radical (unpaired) electrons. The van der Waals surface area contributed by atoms with Crippen molar-refractivity contribution >= 4 is 11.9 Å². The highest BCUT2D eigenvalue weighted by Crippen LogP contribution is 2.16. The van der Waals surface area contributed by atoms with Crippen molar-refractivity contribution in [3.63, 3.8) is 0 Å². The van der Waals surface area contributed by atoms with Gasteiger partial charge in [-0.1, -0.05) is 51.1 Å². The van der Waals surface area contributed by atoms with E-state index >= 15 is 0 Å². The average molecular weight is 216 g/mol. The summed E-state index contributed by atoms with van der Waals surface area (Å²) in [5.41, 5.74) is 2.42. The van der Waals surface area contributed by atoms with E-state index in [1.807, 2.05) is 25.1 Å². The molecule has 0 spiro atoms. The van der Waals surface area contributed by atoms with Crippen LogP contribution in [0.25, 0.3) is 6.08 Å². The molecule has 0 aliphatic heterocycles. The summed E-state index contributed by atoms with van der Waals surface area (Å²) in [4.78, 5) is 11.3. The maximum Gasteiger partial charge on any atom is 0.155 e. The maximum absolute atomic E-state index is 11.3. The first-order chi connectivity index (χ1) is 7.63. The highest BCUT2D eigenvalue weighted by atomic mass is 16.1. The third kappa shape index (κ3) is 4.01. The van der Waals surface area contributed by atoms with Crippen LogP contribution < -0.4 is 0 Å². The van der Waals surface area contributed by atoms with Crippen LogP contribution in [-0.2, 0) is 4.79 Å². The lowest BCUT2D eigenvalue weighted by Crippen LogP contribution is -1.90. The molecule has 0 heterocycles. The largest absolute Gasteiger partial charge is 0.295 e. The van der Waals surface area contributed by atoms with Gasteiger partial charge >= 0.3 is 0 Å². The molecule has 16 heavy (non-hydrogen) atoms. The standard InChI is InChI=1S/C15H20O/c1-4-6-15(16)10-9-13-7-5-8-14(11-13)12(2)3/h5,7-12H,4,6H2,1-3H3/b10-9+. The first-order valence-corrected chi connectivity index (χ1v) is 5.94. The van der Waals surface area contributed by atoms with Gasteiger partial charge in [-0.05, 0) is 29.5 Å². The number of hydrogen-bond donors (Lipinski definition) is 0. The normalized spacial score (nSPS) is 11.2. The van der Waals surface area contributed by atoms with E-state index in [0.29, 0.717) is 12.3 Å². The molecule has 0 aliphatic carbocycles. The lowest BCUT2D eigenvalue weighted by atomic mass is 10.0. The van der Waals surface area contributed by atoms with Gasteiger partial charge < -0.3 is 0 Å². The molecule has 86 valence electrons. The molecule has 0 unspecified atom stereocenters. The van der Waals surface area contributed by atoms with Crippen molar-refractivity contribution in [3.8, 4) is 0 Å². The number of rotatable bonds is 5. The first-order valence-electron chi connectivity index (χ1n) is 5.94. The van der Waals surface area contributed by atoms with Crippen molar-refractivity contribution < 1.29 is 4.79 Å². The number of carbonyl (C=O) groups excluding carboxylic acids is 1. The molecule has 0 fully saturated rings. The Kier molecular flexibility index (Phi) is 4.97. The van der Waals surface area contributed by atoms with Crippen LogP contribution in [0.5, 0.6) is 0 Å². The zero-order chi connectivity index (χ0) is 12.0. The molecule has 0 aromatic heterocycles. The Morgan fingerprint density at radius 3 is 2.75 bits per heavy atom. The summed E-state index contributed by atoms with van der Waals surface area (Å²) in [6.07, 6.45) is 5.14. The molecule has 0 bridgehead atoms. The van der Waals surface area contributed by atoms with Gasteiger partial charge in [0.05, 0.1) is 0 Å². The lowest BCUT2D eigenvalue weighted by molar-refractivity contribution is -0.114. The van der Waals surface area contributed by atoms with Gasteiger partial charge in [0.1, 0.15) is 0 Å². The molecule has 0 atom stereocenters. The van der Waals surface area contributed by atoms with Crippen LogP contribution in [0.2, 0.25) is 0 Å². The minimum absolute atomic E-state index is 0.206. The van der Waals surface area contributed by atoms with Crippen LogP contribution in [0, 0.1) is 0 Å². The van der Waals surface area contributed by atoms with Crippen LogP contribution in [0.15, 0.2) is 30.3 Å². The summed E-state index contributed by atoms with van der Waals surface area (Å²) in [5, 5.41) is 0. The molecule has 0 saturated carbocycles. The monoisotopic (exact) mass is 216 g/mol. The molecule has 0 saturated heterocycles. The van der Waals surface area contributed by atoms with Gasteiger partial charge in [-0.3, -0.25) is 4.79 Å². The first kappa shape index (κ1) is 12.7. The van der Waals surface area contributed by atoms with Crippen molar-refractivity contribution in [1.29, 1.82) is 0 Å². The fraction of sp³-hybridized carbons (Fsp3) is 0.400. The Balaban J connectivity index is 2.74. The molecular formula is C15H20O. The van der Waals surface area contributed by atoms with Crippen molar-refractivity contribution in [1.82, 2.24) is 0 Å². The Morgan fingerprint density at radius 2 is 2.12 bits per heavy atom. The van der Waals surface area contributed by atoms with E-state index in [2.05, 4.69) is 26.0 Å². The van der Waals surface area contributed by atoms with Gasteiger partial charge in [0.15, 0.2) is 5.78 Å². The molecular weight excluding hydrogens is 196 g/mol. The number of allylic oxidation sites excluding steroid dienone is 1. The minimum Gasteiger partial charge on any atom is -0.295 e. The summed E-state index contributed by atoms with van der Waals surface area (Å²) >= 11 is 0. The fourth-order valence-electron chi connectivity index (χ4n) is 1.54. The van der Waals surface area contributed by atoms with E-state index in [4.69, 9.17) is 0 Å². The zero-order valence-electron chi connectivity index (χ0n) is 10.4. The van der Waals surface area contributed by atoms with Crippen molar-refractivity contribution in [2.75, 3.05) is 0 Å². The maximum atomic E-state index is 11.3. The second-order valence-electron chi connectivity index (χ2n) is 4.37. The van der Waals surface area contributed by atoms with Gasteiger partial charge in [-0.2, -0.15) is 0 Å². The van der Waals surface area contributed by atoms with E-state index in [1.54, 1.807) is 6.08 Å². The van der Waals surface area contributed by atoms with E-state index in [0.717, 1.165) is 12.0 Å². The Hall–Kier alpha value is -1.37. The molecule has 1 heteroatoms. The smallest absolute Gasteiger partial charge is 0.155 e. The minimum atomic E-state index is 0.206. The quantitative estimate of drug-likeness (QED) is 0.674. The topological polar surface area (TPSA) is 17.1 Å². The third-order valence-electron chi connectivity index (χ3n) is 2.54. The summed E-state index contributed by atoms with van der Waals surface area (Å²) in [6.45, 7) is 6.36. The SMILES string of the molecule is CCCC(=O)/C=C/c1cccc(C(C)C)c1. The number of hydrogen-bond acceptors (Lipinski definition) is 1. The Bertz CT molecular complexity index is 375. The summed E-state index contributed by atoms with van der Waals surface area (Å²) < 4.78 is 0. The molecule has 0 aliphatic rings. The van der Waals surface area contributed by atoms with Gasteiger partial charge in [-0.25, -0.2) is 0 Å². The lowest BCUT2D eigenvalue weighted by Gasteiger charge is -2.05. The summed E-state index contributed by atoms with van der Waals surface area (Å²) in [6, 6.07) is 8.33. The number of benzene rings is 1. The Labute approximate surface area is 98.2 Å². The predicted octanol–water partition coefficient (Wildman–Crippen LogP) is 4.19. The highest BCUT2D eigenvalue weighted by molar-refractivity contribution is 5.93. The van der Waals surface area contributed by atoms with Gasteiger partial charge in [-0.15, -0.1) is 0 Å². The second kappa shape index (κ2) is 6.26. The van der Waals surface area contributed by atoms with E-state index in [1.165, 1.54) is 5.56 Å². The second-order valence-corrected chi connectivity index (χ2v) is 4.37. The molecule has 1 aromatic carbocycles. The van der Waals surface area contributed by atoms with Gasteiger partial charge in [0.25, 0.3) is 0 Å². The van der Waals surface area contributed by atoms with Crippen LogP contribution >= 0.6 is 0 Å². The van der Waals surface area contributed by atoms with Crippen LogP contribution in [-0.4, -0.2) is 5.78 Å². The van der Waals surface area contributed by atoms with Crippen molar-refractivity contribution in [2.45, 2.75) is 39.5 Å². The van der Waals surface area contributed by atoms with E-state index in [9.17, 15) is 4.79 Å². The fourth-order valence-corrected chi connectivity index (χ4v) is 1.54.